The van der Waals surface area contributed by atoms with E-state index in [0.717, 1.165) is 28.6 Å². The van der Waals surface area contributed by atoms with Crippen LogP contribution in [0.4, 0.5) is 17.3 Å². The lowest BCUT2D eigenvalue weighted by Crippen LogP contribution is -2.05. The summed E-state index contributed by atoms with van der Waals surface area (Å²) in [5.41, 5.74) is 1.91. The second kappa shape index (κ2) is 8.84. The highest BCUT2D eigenvalue weighted by Crippen LogP contribution is 2.31. The highest BCUT2D eigenvalue weighted by Gasteiger charge is 2.08. The molecule has 0 radical (unpaired) electrons. The summed E-state index contributed by atoms with van der Waals surface area (Å²) in [6.07, 6.45) is 3.59. The number of aromatic nitrogens is 3. The molecule has 0 fully saturated rings. The third-order valence-corrected chi connectivity index (χ3v) is 4.16. The lowest BCUT2D eigenvalue weighted by Gasteiger charge is -2.14. The lowest BCUT2D eigenvalue weighted by molar-refractivity contribution is 0.485. The number of nitrogens with zero attached hydrogens (tertiary/aromatic N) is 3. The molecule has 0 saturated heterocycles. The van der Waals surface area contributed by atoms with Crippen LogP contribution >= 0.6 is 0 Å². The van der Waals surface area contributed by atoms with Crippen molar-refractivity contribution in [1.82, 2.24) is 15.0 Å². The van der Waals surface area contributed by atoms with Crippen LogP contribution in [0, 0.1) is 6.92 Å². The molecule has 2 N–H and O–H groups in total. The van der Waals surface area contributed by atoms with E-state index in [4.69, 9.17) is 4.74 Å². The zero-order valence-electron chi connectivity index (χ0n) is 16.0. The Morgan fingerprint density at radius 1 is 0.862 bits per heavy atom. The maximum atomic E-state index is 6.02. The van der Waals surface area contributed by atoms with Crippen molar-refractivity contribution in [3.05, 3.63) is 96.6 Å². The van der Waals surface area contributed by atoms with E-state index in [0.29, 0.717) is 18.2 Å². The fourth-order valence-electron chi connectivity index (χ4n) is 2.83. The molecule has 29 heavy (non-hydrogen) atoms. The Balaban J connectivity index is 1.51. The minimum Gasteiger partial charge on any atom is -0.455 e. The molecule has 144 valence electrons. The number of para-hydroxylation sites is 3. The van der Waals surface area contributed by atoms with E-state index in [1.807, 2.05) is 85.9 Å². The Labute approximate surface area is 169 Å². The summed E-state index contributed by atoms with van der Waals surface area (Å²) in [5, 5.41) is 6.66. The summed E-state index contributed by atoms with van der Waals surface area (Å²) in [7, 11) is 0. The molecular weight excluding hydrogens is 362 g/mol. The van der Waals surface area contributed by atoms with Gasteiger partial charge in [0.15, 0.2) is 5.75 Å². The second-order valence-corrected chi connectivity index (χ2v) is 6.44. The molecule has 0 atom stereocenters. The van der Waals surface area contributed by atoms with Crippen LogP contribution in [-0.2, 0) is 6.54 Å². The maximum absolute atomic E-state index is 6.02. The monoisotopic (exact) mass is 383 g/mol. The van der Waals surface area contributed by atoms with Crippen molar-refractivity contribution in [2.75, 3.05) is 10.6 Å². The van der Waals surface area contributed by atoms with Crippen LogP contribution in [0.3, 0.4) is 0 Å². The molecule has 0 aliphatic heterocycles. The van der Waals surface area contributed by atoms with Gasteiger partial charge in [-0.1, -0.05) is 36.4 Å². The summed E-state index contributed by atoms with van der Waals surface area (Å²) in [6, 6.07) is 23.3. The molecule has 0 amide bonds. The molecule has 4 rings (SSSR count). The quantitative estimate of drug-likeness (QED) is 0.449. The van der Waals surface area contributed by atoms with Gasteiger partial charge in [-0.05, 0) is 42.8 Å². The zero-order valence-corrected chi connectivity index (χ0v) is 16.0. The van der Waals surface area contributed by atoms with Crippen LogP contribution in [0.2, 0.25) is 0 Å². The topological polar surface area (TPSA) is 72.0 Å². The Hall–Kier alpha value is -3.93. The smallest absolute Gasteiger partial charge is 0.150 e. The molecule has 0 aliphatic rings. The zero-order chi connectivity index (χ0) is 19.9. The molecule has 0 bridgehead atoms. The molecule has 4 aromatic rings. The van der Waals surface area contributed by atoms with E-state index >= 15 is 0 Å². The van der Waals surface area contributed by atoms with E-state index in [1.54, 1.807) is 6.20 Å². The minimum absolute atomic E-state index is 0.636. The molecule has 0 aliphatic carbocycles. The van der Waals surface area contributed by atoms with Gasteiger partial charge in [-0.3, -0.25) is 4.98 Å². The number of nitrogens with one attached hydrogen (secondary N) is 2. The normalized spacial score (nSPS) is 10.4. The van der Waals surface area contributed by atoms with Crippen LogP contribution in [0.1, 0.15) is 11.4 Å². The fraction of sp³-hybridized carbons (Fsp3) is 0.0870. The first-order valence-electron chi connectivity index (χ1n) is 9.34. The Kier molecular flexibility index (Phi) is 5.62. The molecular formula is C23H21N5O. The first-order chi connectivity index (χ1) is 14.3. The predicted octanol–water partition coefficient (Wildman–Crippen LogP) is 5.33. The molecule has 2 heterocycles. The average molecular weight is 383 g/mol. The fourth-order valence-corrected chi connectivity index (χ4v) is 2.83. The molecule has 0 unspecified atom stereocenters. The minimum atomic E-state index is 0.636. The summed E-state index contributed by atoms with van der Waals surface area (Å²) < 4.78 is 6.02. The van der Waals surface area contributed by atoms with E-state index in [-0.39, 0.29) is 0 Å². The van der Waals surface area contributed by atoms with Gasteiger partial charge in [0.1, 0.15) is 23.2 Å². The Morgan fingerprint density at radius 3 is 2.48 bits per heavy atom. The Bertz CT molecular complexity index is 1070. The molecule has 6 nitrogen and oxygen atoms in total. The highest BCUT2D eigenvalue weighted by molar-refractivity contribution is 5.66. The van der Waals surface area contributed by atoms with Gasteiger partial charge in [0.05, 0.1) is 5.69 Å². The van der Waals surface area contributed by atoms with Crippen LogP contribution < -0.4 is 15.4 Å². The molecule has 2 aromatic carbocycles. The first-order valence-corrected chi connectivity index (χ1v) is 9.34. The lowest BCUT2D eigenvalue weighted by atomic mass is 10.2. The van der Waals surface area contributed by atoms with Gasteiger partial charge in [0, 0.05) is 25.0 Å². The Morgan fingerprint density at radius 2 is 1.66 bits per heavy atom. The van der Waals surface area contributed by atoms with Crippen molar-refractivity contribution in [3.63, 3.8) is 0 Å². The van der Waals surface area contributed by atoms with Gasteiger partial charge in [-0.2, -0.15) is 0 Å². The van der Waals surface area contributed by atoms with E-state index in [9.17, 15) is 0 Å². The van der Waals surface area contributed by atoms with Crippen LogP contribution in [-0.4, -0.2) is 15.0 Å². The molecule has 2 aromatic heterocycles. The number of anilines is 3. The van der Waals surface area contributed by atoms with Crippen LogP contribution in [0.15, 0.2) is 85.2 Å². The summed E-state index contributed by atoms with van der Waals surface area (Å²) in [5.74, 6) is 3.60. The number of aryl methyl sites for hydroxylation is 1. The van der Waals surface area contributed by atoms with Gasteiger partial charge in [0.2, 0.25) is 0 Å². The van der Waals surface area contributed by atoms with Crippen LogP contribution in [0.5, 0.6) is 11.5 Å². The third-order valence-electron chi connectivity index (χ3n) is 4.16. The third kappa shape index (κ3) is 5.07. The van der Waals surface area contributed by atoms with Crippen molar-refractivity contribution < 1.29 is 4.74 Å². The number of benzene rings is 2. The SMILES string of the molecule is Cc1nc(NCc2cccnc2)cc(Nc2ccccc2Oc2ccccc2)n1. The van der Waals surface area contributed by atoms with Gasteiger partial charge < -0.3 is 15.4 Å². The number of rotatable bonds is 7. The number of hydrogen-bond acceptors (Lipinski definition) is 6. The van der Waals surface area contributed by atoms with Crippen molar-refractivity contribution in [3.8, 4) is 11.5 Å². The second-order valence-electron chi connectivity index (χ2n) is 6.44. The van der Waals surface area contributed by atoms with Crippen molar-refractivity contribution in [2.24, 2.45) is 0 Å². The first kappa shape index (κ1) is 18.4. The molecule has 0 saturated carbocycles. The van der Waals surface area contributed by atoms with Gasteiger partial charge in [-0.25, -0.2) is 9.97 Å². The predicted molar refractivity (Wildman–Crippen MR) is 115 cm³/mol. The summed E-state index contributed by atoms with van der Waals surface area (Å²) >= 11 is 0. The highest BCUT2D eigenvalue weighted by atomic mass is 16.5. The van der Waals surface area contributed by atoms with Crippen LogP contribution in [0.25, 0.3) is 0 Å². The number of pyridine rings is 1. The summed E-state index contributed by atoms with van der Waals surface area (Å²) in [4.78, 5) is 13.1. The molecule has 6 heteroatoms. The largest absolute Gasteiger partial charge is 0.455 e. The van der Waals surface area contributed by atoms with E-state index < -0.39 is 0 Å². The van der Waals surface area contributed by atoms with E-state index in [1.165, 1.54) is 0 Å². The maximum Gasteiger partial charge on any atom is 0.150 e. The number of hydrogen-bond donors (Lipinski definition) is 2. The van der Waals surface area contributed by atoms with Crippen molar-refractivity contribution in [1.29, 1.82) is 0 Å². The van der Waals surface area contributed by atoms with Crippen molar-refractivity contribution >= 4 is 17.3 Å². The average Bonchev–Trinajstić information content (AvgIpc) is 2.75. The van der Waals surface area contributed by atoms with Gasteiger partial charge in [-0.15, -0.1) is 0 Å². The standard InChI is InChI=1S/C23H21N5O/c1-17-26-22(25-16-18-8-7-13-24-15-18)14-23(27-17)28-20-11-5-6-12-21(20)29-19-9-3-2-4-10-19/h2-15H,16H2,1H3,(H2,25,26,27,28). The van der Waals surface area contributed by atoms with Gasteiger partial charge >= 0.3 is 0 Å². The molecule has 0 spiro atoms. The number of ether oxygens (including phenoxy) is 1. The van der Waals surface area contributed by atoms with Gasteiger partial charge in [0.25, 0.3) is 0 Å². The summed E-state index contributed by atoms with van der Waals surface area (Å²) in [6.45, 7) is 2.50. The van der Waals surface area contributed by atoms with E-state index in [2.05, 4.69) is 25.6 Å². The van der Waals surface area contributed by atoms with Crippen molar-refractivity contribution in [2.45, 2.75) is 13.5 Å².